The molecule has 0 radical (unpaired) electrons. The van der Waals surface area contributed by atoms with Gasteiger partial charge in [-0.3, -0.25) is 4.79 Å². The molecule has 0 aromatic rings. The van der Waals surface area contributed by atoms with E-state index in [1.165, 1.54) is 12.8 Å². The van der Waals surface area contributed by atoms with Crippen molar-refractivity contribution in [2.45, 2.75) is 65.3 Å². The summed E-state index contributed by atoms with van der Waals surface area (Å²) in [7, 11) is 0. The van der Waals surface area contributed by atoms with Gasteiger partial charge in [-0.1, -0.05) is 13.8 Å². The van der Waals surface area contributed by atoms with Crippen molar-refractivity contribution in [3.63, 3.8) is 0 Å². The van der Waals surface area contributed by atoms with Gasteiger partial charge in [0.15, 0.2) is 0 Å². The molecule has 1 aliphatic heterocycles. The zero-order valence-corrected chi connectivity index (χ0v) is 13.4. The predicted molar refractivity (Wildman–Crippen MR) is 81.6 cm³/mol. The number of rotatable bonds is 2. The molecule has 0 aromatic heterocycles. The van der Waals surface area contributed by atoms with Gasteiger partial charge in [-0.05, 0) is 57.4 Å². The summed E-state index contributed by atoms with van der Waals surface area (Å²) in [4.78, 5) is 12.4. The molecule has 1 unspecified atom stereocenters. The summed E-state index contributed by atoms with van der Waals surface area (Å²) in [6.07, 6.45) is 6.87. The van der Waals surface area contributed by atoms with Crippen molar-refractivity contribution in [1.29, 1.82) is 0 Å². The third kappa shape index (κ3) is 4.35. The minimum Gasteiger partial charge on any atom is -0.353 e. The maximum atomic E-state index is 12.4. The fraction of sp³-hybridized carbons (Fsp3) is 0.933. The monoisotopic (exact) mass is 288 g/mol. The molecule has 2 N–H and O–H groups in total. The van der Waals surface area contributed by atoms with Crippen LogP contribution in [-0.2, 0) is 4.79 Å². The van der Waals surface area contributed by atoms with Crippen LogP contribution in [0.1, 0.15) is 59.3 Å². The molecule has 0 bridgehead atoms. The normalized spacial score (nSPS) is 31.3. The topological polar surface area (TPSA) is 41.1 Å². The van der Waals surface area contributed by atoms with Crippen LogP contribution in [0.3, 0.4) is 0 Å². The summed E-state index contributed by atoms with van der Waals surface area (Å²) in [6.45, 7) is 8.65. The highest BCUT2D eigenvalue weighted by Gasteiger charge is 2.36. The molecule has 1 aliphatic carbocycles. The van der Waals surface area contributed by atoms with E-state index in [9.17, 15) is 4.79 Å². The van der Waals surface area contributed by atoms with E-state index in [-0.39, 0.29) is 23.7 Å². The Morgan fingerprint density at radius 3 is 2.32 bits per heavy atom. The summed E-state index contributed by atoms with van der Waals surface area (Å²) >= 11 is 0. The van der Waals surface area contributed by atoms with Gasteiger partial charge >= 0.3 is 0 Å². The maximum Gasteiger partial charge on any atom is 0.227 e. The SMILES string of the molecule is CC1(C)CCC(NC(=O)C2(C)CCCNC2)CC1.Cl. The molecule has 112 valence electrons. The van der Waals surface area contributed by atoms with Crippen molar-refractivity contribution in [2.24, 2.45) is 10.8 Å². The van der Waals surface area contributed by atoms with Gasteiger partial charge < -0.3 is 10.6 Å². The summed E-state index contributed by atoms with van der Waals surface area (Å²) in [5, 5.41) is 6.63. The zero-order valence-electron chi connectivity index (χ0n) is 12.6. The Hall–Kier alpha value is -0.280. The number of halogens is 1. The van der Waals surface area contributed by atoms with Crippen LogP contribution >= 0.6 is 12.4 Å². The lowest BCUT2D eigenvalue weighted by Crippen LogP contribution is -2.52. The van der Waals surface area contributed by atoms with E-state index < -0.39 is 0 Å². The van der Waals surface area contributed by atoms with E-state index in [0.29, 0.717) is 11.5 Å². The van der Waals surface area contributed by atoms with Gasteiger partial charge in [0.25, 0.3) is 0 Å². The summed E-state index contributed by atoms with van der Waals surface area (Å²) in [5.74, 6) is 0.263. The van der Waals surface area contributed by atoms with Gasteiger partial charge in [-0.25, -0.2) is 0 Å². The molecular weight excluding hydrogens is 260 g/mol. The van der Waals surface area contributed by atoms with Crippen LogP contribution in [0.5, 0.6) is 0 Å². The molecular formula is C15H29ClN2O. The predicted octanol–water partition coefficient (Wildman–Crippen LogP) is 2.88. The minimum atomic E-state index is -0.189. The van der Waals surface area contributed by atoms with Crippen LogP contribution in [0, 0.1) is 10.8 Å². The molecule has 0 aromatic carbocycles. The number of amides is 1. The Morgan fingerprint density at radius 2 is 1.79 bits per heavy atom. The van der Waals surface area contributed by atoms with E-state index in [0.717, 1.165) is 38.8 Å². The van der Waals surface area contributed by atoms with Crippen molar-refractivity contribution in [1.82, 2.24) is 10.6 Å². The molecule has 0 spiro atoms. The van der Waals surface area contributed by atoms with Crippen LogP contribution in [0.4, 0.5) is 0 Å². The number of carbonyl (C=O) groups is 1. The number of piperidine rings is 1. The lowest BCUT2D eigenvalue weighted by Gasteiger charge is -2.38. The molecule has 1 saturated heterocycles. The number of nitrogens with one attached hydrogen (secondary N) is 2. The molecule has 19 heavy (non-hydrogen) atoms. The molecule has 4 heteroatoms. The first-order chi connectivity index (χ1) is 8.41. The standard InChI is InChI=1S/C15H28N2O.ClH/c1-14(2)8-5-12(6-9-14)17-13(18)15(3)7-4-10-16-11-15;/h12,16H,4-11H2,1-3H3,(H,17,18);1H. The van der Waals surface area contributed by atoms with Crippen molar-refractivity contribution in [2.75, 3.05) is 13.1 Å². The first-order valence-corrected chi connectivity index (χ1v) is 7.43. The average Bonchev–Trinajstić information content (AvgIpc) is 2.33. The second-order valence-corrected chi connectivity index (χ2v) is 7.25. The quantitative estimate of drug-likeness (QED) is 0.820. The van der Waals surface area contributed by atoms with Gasteiger partial charge in [-0.2, -0.15) is 0 Å². The van der Waals surface area contributed by atoms with Crippen molar-refractivity contribution in [3.8, 4) is 0 Å². The third-order valence-electron chi connectivity index (χ3n) is 4.82. The largest absolute Gasteiger partial charge is 0.353 e. The third-order valence-corrected chi connectivity index (χ3v) is 4.82. The van der Waals surface area contributed by atoms with Gasteiger partial charge in [0, 0.05) is 12.6 Å². The van der Waals surface area contributed by atoms with E-state index in [1.807, 2.05) is 0 Å². The molecule has 1 atom stereocenters. The van der Waals surface area contributed by atoms with Crippen LogP contribution in [0.2, 0.25) is 0 Å². The Labute approximate surface area is 123 Å². The Kier molecular flexibility index (Phi) is 5.69. The minimum absolute atomic E-state index is 0. The Balaban J connectivity index is 0.00000180. The maximum absolute atomic E-state index is 12.4. The van der Waals surface area contributed by atoms with Crippen molar-refractivity contribution >= 4 is 18.3 Å². The zero-order chi connectivity index (χ0) is 13.2. The van der Waals surface area contributed by atoms with Gasteiger partial charge in [0.05, 0.1) is 5.41 Å². The number of hydrogen-bond donors (Lipinski definition) is 2. The number of carbonyl (C=O) groups excluding carboxylic acids is 1. The smallest absolute Gasteiger partial charge is 0.227 e. The van der Waals surface area contributed by atoms with E-state index in [1.54, 1.807) is 0 Å². The second kappa shape index (κ2) is 6.45. The lowest BCUT2D eigenvalue weighted by molar-refractivity contribution is -0.132. The summed E-state index contributed by atoms with van der Waals surface area (Å²) in [6, 6.07) is 0.407. The van der Waals surface area contributed by atoms with Crippen molar-refractivity contribution < 1.29 is 4.79 Å². The molecule has 1 saturated carbocycles. The Bertz CT molecular complexity index is 301. The molecule has 2 fully saturated rings. The summed E-state index contributed by atoms with van der Waals surface area (Å²) in [5.41, 5.74) is 0.280. The highest BCUT2D eigenvalue weighted by molar-refractivity contribution is 5.85. The fourth-order valence-electron chi connectivity index (χ4n) is 3.15. The van der Waals surface area contributed by atoms with E-state index in [4.69, 9.17) is 0 Å². The first-order valence-electron chi connectivity index (χ1n) is 7.43. The van der Waals surface area contributed by atoms with Gasteiger partial charge in [-0.15, -0.1) is 12.4 Å². The highest BCUT2D eigenvalue weighted by Crippen LogP contribution is 2.35. The van der Waals surface area contributed by atoms with E-state index >= 15 is 0 Å². The van der Waals surface area contributed by atoms with Gasteiger partial charge in [0.2, 0.25) is 5.91 Å². The van der Waals surface area contributed by atoms with E-state index in [2.05, 4.69) is 31.4 Å². The highest BCUT2D eigenvalue weighted by atomic mass is 35.5. The Morgan fingerprint density at radius 1 is 1.16 bits per heavy atom. The molecule has 2 rings (SSSR count). The molecule has 2 aliphatic rings. The fourth-order valence-corrected chi connectivity index (χ4v) is 3.15. The molecule has 3 nitrogen and oxygen atoms in total. The number of hydrogen-bond acceptors (Lipinski definition) is 2. The van der Waals surface area contributed by atoms with Gasteiger partial charge in [0.1, 0.15) is 0 Å². The molecule has 1 amide bonds. The molecule has 1 heterocycles. The van der Waals surface area contributed by atoms with Crippen molar-refractivity contribution in [3.05, 3.63) is 0 Å². The van der Waals surface area contributed by atoms with Crippen LogP contribution in [-0.4, -0.2) is 25.0 Å². The van der Waals surface area contributed by atoms with Crippen LogP contribution < -0.4 is 10.6 Å². The lowest BCUT2D eigenvalue weighted by atomic mass is 9.75. The van der Waals surface area contributed by atoms with Crippen LogP contribution in [0.25, 0.3) is 0 Å². The summed E-state index contributed by atoms with van der Waals surface area (Å²) < 4.78 is 0. The second-order valence-electron chi connectivity index (χ2n) is 7.25. The average molecular weight is 289 g/mol. The first kappa shape index (κ1) is 16.8. The van der Waals surface area contributed by atoms with Crippen LogP contribution in [0.15, 0.2) is 0 Å².